The van der Waals surface area contributed by atoms with E-state index in [2.05, 4.69) is 4.72 Å². The molecule has 0 aliphatic heterocycles. The van der Waals surface area contributed by atoms with Crippen molar-refractivity contribution >= 4 is 44.8 Å². The van der Waals surface area contributed by atoms with Crippen LogP contribution < -0.4 is 10.5 Å². The van der Waals surface area contributed by atoms with Gasteiger partial charge in [-0.05, 0) is 31.4 Å². The van der Waals surface area contributed by atoms with Crippen LogP contribution in [0.25, 0.3) is 0 Å². The molecule has 0 saturated heterocycles. The molecule has 0 aliphatic rings. The molecular weight excluding hydrogens is 355 g/mol. The van der Waals surface area contributed by atoms with Crippen LogP contribution in [0.4, 0.5) is 0 Å². The van der Waals surface area contributed by atoms with Gasteiger partial charge in [0.25, 0.3) is 0 Å². The standard InChI is InChI=1S/C13H19Cl3N2O2S/c1-8(2)6-13(3,7-17)18-21(19,20)12-10(15)4-9(14)5-11(12)16/h4-5,8,18H,6-7,17H2,1-3H3. The topological polar surface area (TPSA) is 72.2 Å². The molecule has 1 rings (SSSR count). The van der Waals surface area contributed by atoms with Gasteiger partial charge in [-0.15, -0.1) is 0 Å². The highest BCUT2D eigenvalue weighted by atomic mass is 35.5. The molecule has 3 N–H and O–H groups in total. The predicted molar refractivity (Wildman–Crippen MR) is 88.7 cm³/mol. The number of hydrogen-bond acceptors (Lipinski definition) is 3. The van der Waals surface area contributed by atoms with Crippen LogP contribution in [0.1, 0.15) is 27.2 Å². The van der Waals surface area contributed by atoms with E-state index < -0.39 is 15.6 Å². The molecule has 4 nitrogen and oxygen atoms in total. The number of hydrogen-bond donors (Lipinski definition) is 2. The quantitative estimate of drug-likeness (QED) is 0.798. The molecule has 1 aromatic rings. The maximum atomic E-state index is 12.6. The fourth-order valence-electron chi connectivity index (χ4n) is 2.23. The predicted octanol–water partition coefficient (Wildman–Crippen LogP) is 3.69. The Labute approximate surface area is 141 Å². The molecule has 0 aliphatic carbocycles. The smallest absolute Gasteiger partial charge is 0.244 e. The van der Waals surface area contributed by atoms with Crippen molar-refractivity contribution in [3.63, 3.8) is 0 Å². The second-order valence-electron chi connectivity index (χ2n) is 5.67. The average Bonchev–Trinajstić information content (AvgIpc) is 2.24. The molecular formula is C13H19Cl3N2O2S. The summed E-state index contributed by atoms with van der Waals surface area (Å²) >= 11 is 17.8. The Bertz CT molecular complexity index is 597. The summed E-state index contributed by atoms with van der Waals surface area (Å²) in [5, 5.41) is 0.223. The van der Waals surface area contributed by atoms with Crippen molar-refractivity contribution in [1.82, 2.24) is 4.72 Å². The zero-order chi connectivity index (χ0) is 16.4. The summed E-state index contributed by atoms with van der Waals surface area (Å²) in [6.45, 7) is 5.89. The Kier molecular flexibility index (Phi) is 6.36. The lowest BCUT2D eigenvalue weighted by molar-refractivity contribution is 0.344. The van der Waals surface area contributed by atoms with E-state index in [0.717, 1.165) is 0 Å². The van der Waals surface area contributed by atoms with Gasteiger partial charge >= 0.3 is 0 Å². The second kappa shape index (κ2) is 7.02. The first-order valence-corrected chi connectivity index (χ1v) is 9.01. The molecule has 0 spiro atoms. The molecule has 120 valence electrons. The van der Waals surface area contributed by atoms with E-state index in [4.69, 9.17) is 40.5 Å². The van der Waals surface area contributed by atoms with E-state index in [0.29, 0.717) is 6.42 Å². The largest absolute Gasteiger partial charge is 0.329 e. The summed E-state index contributed by atoms with van der Waals surface area (Å²) in [5.41, 5.74) is 4.95. The third kappa shape index (κ3) is 4.98. The van der Waals surface area contributed by atoms with Crippen LogP contribution in [0.5, 0.6) is 0 Å². The summed E-state index contributed by atoms with van der Waals surface area (Å²) in [6, 6.07) is 2.68. The van der Waals surface area contributed by atoms with Crippen molar-refractivity contribution in [2.24, 2.45) is 11.7 Å². The summed E-state index contributed by atoms with van der Waals surface area (Å²) < 4.78 is 27.7. The van der Waals surface area contributed by atoms with E-state index in [-0.39, 0.29) is 32.4 Å². The minimum Gasteiger partial charge on any atom is -0.329 e. The van der Waals surface area contributed by atoms with Gasteiger partial charge in [-0.25, -0.2) is 13.1 Å². The van der Waals surface area contributed by atoms with Crippen LogP contribution in [0.15, 0.2) is 17.0 Å². The van der Waals surface area contributed by atoms with Gasteiger partial charge in [0.05, 0.1) is 10.0 Å². The zero-order valence-electron chi connectivity index (χ0n) is 12.1. The molecule has 21 heavy (non-hydrogen) atoms. The lowest BCUT2D eigenvalue weighted by Crippen LogP contribution is -2.52. The Hall–Kier alpha value is -0.0400. The fourth-order valence-corrected chi connectivity index (χ4v) is 5.20. The minimum absolute atomic E-state index is 0.0241. The summed E-state index contributed by atoms with van der Waals surface area (Å²) in [5.74, 6) is 0.275. The van der Waals surface area contributed by atoms with Gasteiger partial charge in [-0.2, -0.15) is 0 Å². The van der Waals surface area contributed by atoms with Gasteiger partial charge in [0.2, 0.25) is 10.0 Å². The van der Waals surface area contributed by atoms with Crippen LogP contribution in [0.2, 0.25) is 15.1 Å². The summed E-state index contributed by atoms with van der Waals surface area (Å²) in [7, 11) is -3.91. The third-order valence-corrected chi connectivity index (χ3v) is 5.70. The van der Waals surface area contributed by atoms with Gasteiger partial charge in [0, 0.05) is 17.1 Å². The zero-order valence-corrected chi connectivity index (χ0v) is 15.2. The Morgan fingerprint density at radius 1 is 1.24 bits per heavy atom. The number of rotatable bonds is 6. The Balaban J connectivity index is 3.24. The first kappa shape index (κ1) is 19.0. The maximum Gasteiger partial charge on any atom is 0.244 e. The monoisotopic (exact) mass is 372 g/mol. The van der Waals surface area contributed by atoms with Crippen molar-refractivity contribution in [1.29, 1.82) is 0 Å². The molecule has 1 atom stereocenters. The van der Waals surface area contributed by atoms with Crippen molar-refractivity contribution in [3.8, 4) is 0 Å². The lowest BCUT2D eigenvalue weighted by atomic mass is 9.92. The molecule has 1 unspecified atom stereocenters. The van der Waals surface area contributed by atoms with Crippen LogP contribution in [-0.2, 0) is 10.0 Å². The Morgan fingerprint density at radius 2 is 1.71 bits per heavy atom. The van der Waals surface area contributed by atoms with Gasteiger partial charge in [0.15, 0.2) is 0 Å². The van der Waals surface area contributed by atoms with E-state index in [9.17, 15) is 8.42 Å². The molecule has 0 amide bonds. The van der Waals surface area contributed by atoms with Gasteiger partial charge < -0.3 is 5.73 Å². The highest BCUT2D eigenvalue weighted by molar-refractivity contribution is 7.89. The van der Waals surface area contributed by atoms with Crippen LogP contribution in [0, 0.1) is 5.92 Å². The van der Waals surface area contributed by atoms with Crippen molar-refractivity contribution in [2.45, 2.75) is 37.6 Å². The van der Waals surface area contributed by atoms with Gasteiger partial charge in [0.1, 0.15) is 4.90 Å². The first-order chi connectivity index (χ1) is 9.50. The molecule has 0 heterocycles. The van der Waals surface area contributed by atoms with E-state index in [1.165, 1.54) is 12.1 Å². The molecule has 1 aromatic carbocycles. The molecule has 0 bridgehead atoms. The molecule has 8 heteroatoms. The van der Waals surface area contributed by atoms with Crippen molar-refractivity contribution in [2.75, 3.05) is 6.54 Å². The minimum atomic E-state index is -3.91. The van der Waals surface area contributed by atoms with Crippen LogP contribution in [0.3, 0.4) is 0 Å². The van der Waals surface area contributed by atoms with Gasteiger partial charge in [-0.3, -0.25) is 0 Å². The van der Waals surface area contributed by atoms with Gasteiger partial charge in [-0.1, -0.05) is 48.7 Å². The van der Waals surface area contributed by atoms with E-state index >= 15 is 0 Å². The highest BCUT2D eigenvalue weighted by Crippen LogP contribution is 2.33. The molecule has 0 fully saturated rings. The van der Waals surface area contributed by atoms with Crippen LogP contribution >= 0.6 is 34.8 Å². The number of nitrogens with one attached hydrogen (secondary N) is 1. The molecule has 0 aromatic heterocycles. The number of sulfonamides is 1. The number of halogens is 3. The first-order valence-electron chi connectivity index (χ1n) is 6.39. The van der Waals surface area contributed by atoms with E-state index in [1.807, 2.05) is 13.8 Å². The van der Waals surface area contributed by atoms with Crippen molar-refractivity contribution in [3.05, 3.63) is 27.2 Å². The highest BCUT2D eigenvalue weighted by Gasteiger charge is 2.32. The van der Waals surface area contributed by atoms with Crippen molar-refractivity contribution < 1.29 is 8.42 Å². The fraction of sp³-hybridized carbons (Fsp3) is 0.538. The SMILES string of the molecule is CC(C)CC(C)(CN)NS(=O)(=O)c1c(Cl)cc(Cl)cc1Cl. The van der Waals surface area contributed by atoms with E-state index in [1.54, 1.807) is 6.92 Å². The molecule has 0 saturated carbocycles. The van der Waals surface area contributed by atoms with Crippen LogP contribution in [-0.4, -0.2) is 20.5 Å². The maximum absolute atomic E-state index is 12.6. The normalized spacial score (nSPS) is 15.2. The average molecular weight is 374 g/mol. The summed E-state index contributed by atoms with van der Waals surface area (Å²) in [4.78, 5) is -0.182. The Morgan fingerprint density at radius 3 is 2.10 bits per heavy atom. The number of nitrogens with two attached hydrogens (primary N) is 1. The third-order valence-electron chi connectivity index (χ3n) is 2.92. The number of benzene rings is 1. The second-order valence-corrected chi connectivity index (χ2v) is 8.54. The molecule has 0 radical (unpaired) electrons. The lowest BCUT2D eigenvalue weighted by Gasteiger charge is -2.31. The summed E-state index contributed by atoms with van der Waals surface area (Å²) in [6.07, 6.45) is 0.589.